The Kier molecular flexibility index (Phi) is 8.41. The van der Waals surface area contributed by atoms with E-state index in [-0.39, 0.29) is 36.9 Å². The highest BCUT2D eigenvalue weighted by Gasteiger charge is 2.57. The standard InChI is InChI=1S/C29H36N2O5/c1-3-19-13-15-23-25(24(19)29(35)36-4-2)28(34)31(16-8-5-9-17-32)26(23)27(33)30-22-14-12-20-10-6-7-11-21(20)18-22/h6-7,10-15,18-19,23-26,32H,3-5,8-9,16-17H2,1-2H3,(H,30,33)/t19-,23+,24-,25+,26+/m1/s1. The van der Waals surface area contributed by atoms with Crippen LogP contribution in [0.4, 0.5) is 5.69 Å². The smallest absolute Gasteiger partial charge is 0.310 e. The highest BCUT2D eigenvalue weighted by atomic mass is 16.5. The summed E-state index contributed by atoms with van der Waals surface area (Å²) in [5, 5.41) is 14.3. The van der Waals surface area contributed by atoms with E-state index in [1.807, 2.05) is 61.5 Å². The second kappa shape index (κ2) is 11.7. The summed E-state index contributed by atoms with van der Waals surface area (Å²) in [7, 11) is 0. The SMILES string of the molecule is CCOC(=O)[C@H]1[C@H]2C(=O)N(CCCCCO)[C@H](C(=O)Nc3ccc4ccccc4c3)[C@H]2C=C[C@H]1CC. The molecule has 2 N–H and O–H groups in total. The average molecular weight is 493 g/mol. The fourth-order valence-corrected chi connectivity index (χ4v) is 5.74. The van der Waals surface area contributed by atoms with Crippen molar-refractivity contribution in [3.63, 3.8) is 0 Å². The van der Waals surface area contributed by atoms with Gasteiger partial charge in [0.1, 0.15) is 6.04 Å². The van der Waals surface area contributed by atoms with Gasteiger partial charge in [-0.25, -0.2) is 0 Å². The maximum absolute atomic E-state index is 13.8. The van der Waals surface area contributed by atoms with E-state index in [0.29, 0.717) is 31.5 Å². The maximum Gasteiger partial charge on any atom is 0.310 e. The van der Waals surface area contributed by atoms with Crippen molar-refractivity contribution in [1.82, 2.24) is 4.90 Å². The van der Waals surface area contributed by atoms with Crippen molar-refractivity contribution in [1.29, 1.82) is 0 Å². The van der Waals surface area contributed by atoms with Crippen LogP contribution in [0, 0.1) is 23.7 Å². The predicted octanol–water partition coefficient (Wildman–Crippen LogP) is 4.16. The Hall–Kier alpha value is -3.19. The second-order valence-corrected chi connectivity index (χ2v) is 9.65. The van der Waals surface area contributed by atoms with Crippen LogP contribution in [0.1, 0.15) is 39.5 Å². The van der Waals surface area contributed by atoms with Crippen molar-refractivity contribution in [3.8, 4) is 0 Å². The van der Waals surface area contributed by atoms with E-state index >= 15 is 0 Å². The minimum Gasteiger partial charge on any atom is -0.466 e. The molecule has 0 radical (unpaired) electrons. The first-order valence-corrected chi connectivity index (χ1v) is 13.1. The summed E-state index contributed by atoms with van der Waals surface area (Å²) in [6, 6.07) is 13.0. The summed E-state index contributed by atoms with van der Waals surface area (Å²) in [6.07, 6.45) is 6.74. The van der Waals surface area contributed by atoms with Gasteiger partial charge in [-0.3, -0.25) is 14.4 Å². The molecule has 1 heterocycles. The van der Waals surface area contributed by atoms with Gasteiger partial charge in [-0.15, -0.1) is 0 Å². The number of aliphatic hydroxyl groups excluding tert-OH is 1. The molecular formula is C29H36N2O5. The zero-order valence-electron chi connectivity index (χ0n) is 21.1. The predicted molar refractivity (Wildman–Crippen MR) is 139 cm³/mol. The third-order valence-electron chi connectivity index (χ3n) is 7.48. The molecule has 1 fully saturated rings. The van der Waals surface area contributed by atoms with E-state index in [1.165, 1.54) is 0 Å². The van der Waals surface area contributed by atoms with Gasteiger partial charge in [0.2, 0.25) is 11.8 Å². The number of amides is 2. The Labute approximate surface area is 212 Å². The summed E-state index contributed by atoms with van der Waals surface area (Å²) < 4.78 is 5.38. The number of nitrogens with zero attached hydrogens (tertiary/aromatic N) is 1. The first-order valence-electron chi connectivity index (χ1n) is 13.1. The van der Waals surface area contributed by atoms with Crippen LogP contribution in [0.2, 0.25) is 0 Å². The lowest BCUT2D eigenvalue weighted by Gasteiger charge is -2.33. The number of likely N-dealkylation sites (tertiary alicyclic amines) is 1. The zero-order valence-corrected chi connectivity index (χ0v) is 21.1. The number of hydrogen-bond acceptors (Lipinski definition) is 5. The third kappa shape index (κ3) is 5.16. The van der Waals surface area contributed by atoms with Crippen molar-refractivity contribution in [2.24, 2.45) is 23.7 Å². The van der Waals surface area contributed by atoms with E-state index in [0.717, 1.165) is 17.2 Å². The monoisotopic (exact) mass is 492 g/mol. The summed E-state index contributed by atoms with van der Waals surface area (Å²) in [4.78, 5) is 42.1. The summed E-state index contributed by atoms with van der Waals surface area (Å²) >= 11 is 0. The van der Waals surface area contributed by atoms with E-state index in [9.17, 15) is 14.4 Å². The molecule has 0 aromatic heterocycles. The number of allylic oxidation sites excluding steroid dienone is 1. The summed E-state index contributed by atoms with van der Waals surface area (Å²) in [5.41, 5.74) is 0.669. The number of carbonyl (C=O) groups is 3. The molecule has 1 aliphatic heterocycles. The molecule has 5 atom stereocenters. The molecule has 2 aromatic carbocycles. The van der Waals surface area contributed by atoms with Gasteiger partial charge in [0, 0.05) is 24.8 Å². The van der Waals surface area contributed by atoms with E-state index in [1.54, 1.807) is 11.8 Å². The Morgan fingerprint density at radius 2 is 1.81 bits per heavy atom. The lowest BCUT2D eigenvalue weighted by atomic mass is 9.69. The first kappa shape index (κ1) is 25.9. The Morgan fingerprint density at radius 1 is 1.03 bits per heavy atom. The largest absolute Gasteiger partial charge is 0.466 e. The van der Waals surface area contributed by atoms with Crippen LogP contribution in [0.25, 0.3) is 10.8 Å². The molecule has 7 nitrogen and oxygen atoms in total. The number of benzene rings is 2. The fraction of sp³-hybridized carbons (Fsp3) is 0.483. The number of ether oxygens (including phenoxy) is 1. The second-order valence-electron chi connectivity index (χ2n) is 9.65. The lowest BCUT2D eigenvalue weighted by Crippen LogP contribution is -2.44. The number of unbranched alkanes of at least 4 members (excludes halogenated alkanes) is 2. The van der Waals surface area contributed by atoms with Crippen LogP contribution in [0.3, 0.4) is 0 Å². The number of carbonyl (C=O) groups excluding carboxylic acids is 3. The van der Waals surface area contributed by atoms with E-state index in [4.69, 9.17) is 9.84 Å². The van der Waals surface area contributed by atoms with Crippen LogP contribution in [-0.4, -0.2) is 53.6 Å². The number of nitrogens with one attached hydrogen (secondary N) is 1. The maximum atomic E-state index is 13.8. The number of rotatable bonds is 10. The highest BCUT2D eigenvalue weighted by molar-refractivity contribution is 6.02. The molecule has 192 valence electrons. The van der Waals surface area contributed by atoms with Gasteiger partial charge in [-0.05, 0) is 61.4 Å². The van der Waals surface area contributed by atoms with Gasteiger partial charge < -0.3 is 20.1 Å². The topological polar surface area (TPSA) is 95.9 Å². The van der Waals surface area contributed by atoms with Gasteiger partial charge in [-0.2, -0.15) is 0 Å². The molecule has 1 saturated heterocycles. The van der Waals surface area contributed by atoms with Crippen LogP contribution >= 0.6 is 0 Å². The molecular weight excluding hydrogens is 456 g/mol. The molecule has 36 heavy (non-hydrogen) atoms. The van der Waals surface area contributed by atoms with Crippen molar-refractivity contribution in [2.45, 2.75) is 45.6 Å². The van der Waals surface area contributed by atoms with Gasteiger partial charge in [-0.1, -0.05) is 49.4 Å². The zero-order chi connectivity index (χ0) is 25.7. The average Bonchev–Trinajstić information content (AvgIpc) is 3.17. The number of fused-ring (bicyclic) bond motifs is 2. The molecule has 0 spiro atoms. The van der Waals surface area contributed by atoms with E-state index < -0.39 is 23.8 Å². The first-order chi connectivity index (χ1) is 17.5. The molecule has 0 unspecified atom stereocenters. The van der Waals surface area contributed by atoms with Crippen molar-refractivity contribution in [2.75, 3.05) is 25.1 Å². The highest BCUT2D eigenvalue weighted by Crippen LogP contribution is 2.45. The summed E-state index contributed by atoms with van der Waals surface area (Å²) in [5.74, 6) is -2.52. The molecule has 2 amide bonds. The molecule has 7 heteroatoms. The molecule has 0 bridgehead atoms. The summed E-state index contributed by atoms with van der Waals surface area (Å²) in [6.45, 7) is 4.51. The van der Waals surface area contributed by atoms with E-state index in [2.05, 4.69) is 5.32 Å². The molecule has 4 rings (SSSR count). The van der Waals surface area contributed by atoms with Crippen molar-refractivity contribution < 1.29 is 24.2 Å². The number of anilines is 1. The van der Waals surface area contributed by atoms with Crippen LogP contribution in [0.15, 0.2) is 54.6 Å². The van der Waals surface area contributed by atoms with Crippen LogP contribution in [-0.2, 0) is 19.1 Å². The number of esters is 1. The quantitative estimate of drug-likeness (QED) is 0.295. The van der Waals surface area contributed by atoms with Gasteiger partial charge in [0.05, 0.1) is 18.4 Å². The molecule has 1 aliphatic carbocycles. The number of aliphatic hydroxyl groups is 1. The number of hydrogen-bond donors (Lipinski definition) is 2. The van der Waals surface area contributed by atoms with Gasteiger partial charge in [0.25, 0.3) is 0 Å². The Balaban J connectivity index is 1.64. The van der Waals surface area contributed by atoms with Crippen molar-refractivity contribution in [3.05, 3.63) is 54.6 Å². The third-order valence-corrected chi connectivity index (χ3v) is 7.48. The van der Waals surface area contributed by atoms with Crippen LogP contribution in [0.5, 0.6) is 0 Å². The van der Waals surface area contributed by atoms with Crippen LogP contribution < -0.4 is 5.32 Å². The Bertz CT molecular complexity index is 1130. The molecule has 2 aliphatic rings. The normalized spacial score (nSPS) is 25.1. The fourth-order valence-electron chi connectivity index (χ4n) is 5.74. The minimum absolute atomic E-state index is 0.0942. The van der Waals surface area contributed by atoms with Gasteiger partial charge >= 0.3 is 5.97 Å². The van der Waals surface area contributed by atoms with Crippen molar-refractivity contribution >= 4 is 34.2 Å². The minimum atomic E-state index is -0.714. The molecule has 2 aromatic rings. The van der Waals surface area contributed by atoms with Gasteiger partial charge in [0.15, 0.2) is 0 Å². The molecule has 0 saturated carbocycles. The Morgan fingerprint density at radius 3 is 2.53 bits per heavy atom. The lowest BCUT2D eigenvalue weighted by molar-refractivity contribution is -0.155.